The van der Waals surface area contributed by atoms with Crippen molar-refractivity contribution in [3.8, 4) is 0 Å². The first kappa shape index (κ1) is 16.4. The standard InChI is InChI=1S/C14H18F3N3O2/c1-19(2)11-7-10(14(15,16)17)8-12(18-11)20-5-3-9(4-6-20)13(21)22/h7-9H,3-6H2,1-2H3,(H,21,22). The molecule has 0 aromatic carbocycles. The first-order valence-electron chi connectivity index (χ1n) is 6.93. The fourth-order valence-electron chi connectivity index (χ4n) is 2.41. The zero-order valence-electron chi connectivity index (χ0n) is 12.4. The molecule has 1 N–H and O–H groups in total. The summed E-state index contributed by atoms with van der Waals surface area (Å²) >= 11 is 0. The van der Waals surface area contributed by atoms with Crippen molar-refractivity contribution in [1.29, 1.82) is 0 Å². The van der Waals surface area contributed by atoms with Crippen LogP contribution in [-0.2, 0) is 11.0 Å². The molecular weight excluding hydrogens is 299 g/mol. The summed E-state index contributed by atoms with van der Waals surface area (Å²) in [5.41, 5.74) is -0.749. The maximum Gasteiger partial charge on any atom is 0.416 e. The van der Waals surface area contributed by atoms with Crippen LogP contribution in [0.1, 0.15) is 18.4 Å². The molecule has 2 heterocycles. The van der Waals surface area contributed by atoms with Crippen LogP contribution in [-0.4, -0.2) is 43.2 Å². The predicted octanol–water partition coefficient (Wildman–Crippen LogP) is 2.47. The third kappa shape index (κ3) is 3.61. The second kappa shape index (κ2) is 6.02. The Bertz CT molecular complexity index is 553. The molecule has 1 aromatic heterocycles. The molecule has 0 aliphatic carbocycles. The van der Waals surface area contributed by atoms with Crippen LogP contribution >= 0.6 is 0 Å². The monoisotopic (exact) mass is 317 g/mol. The van der Waals surface area contributed by atoms with Gasteiger partial charge in [0.1, 0.15) is 11.6 Å². The minimum absolute atomic E-state index is 0.227. The highest BCUT2D eigenvalue weighted by Gasteiger charge is 2.33. The number of hydrogen-bond donors (Lipinski definition) is 1. The van der Waals surface area contributed by atoms with E-state index in [1.54, 1.807) is 19.0 Å². The Kier molecular flexibility index (Phi) is 4.48. The average Bonchev–Trinajstić information content (AvgIpc) is 2.46. The lowest BCUT2D eigenvalue weighted by atomic mass is 9.97. The van der Waals surface area contributed by atoms with Gasteiger partial charge >= 0.3 is 12.1 Å². The Hall–Kier alpha value is -1.99. The van der Waals surface area contributed by atoms with Crippen LogP contribution in [0, 0.1) is 5.92 Å². The van der Waals surface area contributed by atoms with E-state index in [-0.39, 0.29) is 11.6 Å². The summed E-state index contributed by atoms with van der Waals surface area (Å²) in [7, 11) is 3.26. The van der Waals surface area contributed by atoms with Gasteiger partial charge in [0.2, 0.25) is 0 Å². The second-order valence-corrected chi connectivity index (χ2v) is 5.56. The van der Waals surface area contributed by atoms with E-state index < -0.39 is 23.6 Å². The number of carbonyl (C=O) groups is 1. The zero-order chi connectivity index (χ0) is 16.5. The van der Waals surface area contributed by atoms with Crippen LogP contribution in [0.5, 0.6) is 0 Å². The highest BCUT2D eigenvalue weighted by molar-refractivity contribution is 5.70. The smallest absolute Gasteiger partial charge is 0.416 e. The summed E-state index contributed by atoms with van der Waals surface area (Å²) < 4.78 is 39.0. The molecule has 1 fully saturated rings. The van der Waals surface area contributed by atoms with Gasteiger partial charge in [-0.15, -0.1) is 0 Å². The molecule has 0 amide bonds. The topological polar surface area (TPSA) is 56.7 Å². The van der Waals surface area contributed by atoms with Gasteiger partial charge in [0, 0.05) is 27.2 Å². The van der Waals surface area contributed by atoms with E-state index in [9.17, 15) is 18.0 Å². The molecule has 122 valence electrons. The van der Waals surface area contributed by atoms with Crippen molar-refractivity contribution >= 4 is 17.6 Å². The van der Waals surface area contributed by atoms with Gasteiger partial charge in [-0.05, 0) is 25.0 Å². The summed E-state index contributed by atoms with van der Waals surface area (Å²) in [6, 6.07) is 2.03. The highest BCUT2D eigenvalue weighted by atomic mass is 19.4. The maximum absolute atomic E-state index is 13.0. The fraction of sp³-hybridized carbons (Fsp3) is 0.571. The molecule has 0 atom stereocenters. The van der Waals surface area contributed by atoms with Crippen LogP contribution in [0.15, 0.2) is 12.1 Å². The number of pyridine rings is 1. The minimum atomic E-state index is -4.44. The zero-order valence-corrected chi connectivity index (χ0v) is 12.4. The number of anilines is 2. The Morgan fingerprint density at radius 1 is 1.32 bits per heavy atom. The molecule has 2 rings (SSSR count). The molecule has 0 unspecified atom stereocenters. The lowest BCUT2D eigenvalue weighted by Crippen LogP contribution is -2.37. The number of nitrogens with zero attached hydrogens (tertiary/aromatic N) is 3. The number of hydrogen-bond acceptors (Lipinski definition) is 4. The third-order valence-electron chi connectivity index (χ3n) is 3.75. The van der Waals surface area contributed by atoms with Crippen LogP contribution in [0.3, 0.4) is 0 Å². The maximum atomic E-state index is 13.0. The Morgan fingerprint density at radius 3 is 2.36 bits per heavy atom. The molecular formula is C14H18F3N3O2. The lowest BCUT2D eigenvalue weighted by Gasteiger charge is -2.32. The number of aromatic nitrogens is 1. The van der Waals surface area contributed by atoms with Crippen molar-refractivity contribution in [2.24, 2.45) is 5.92 Å². The Morgan fingerprint density at radius 2 is 1.91 bits per heavy atom. The van der Waals surface area contributed by atoms with Gasteiger partial charge in [0.05, 0.1) is 11.5 Å². The van der Waals surface area contributed by atoms with Crippen LogP contribution in [0.25, 0.3) is 0 Å². The van der Waals surface area contributed by atoms with E-state index >= 15 is 0 Å². The minimum Gasteiger partial charge on any atom is -0.481 e. The van der Waals surface area contributed by atoms with Crippen molar-refractivity contribution < 1.29 is 23.1 Å². The molecule has 5 nitrogen and oxygen atoms in total. The average molecular weight is 317 g/mol. The summed E-state index contributed by atoms with van der Waals surface area (Å²) in [5.74, 6) is -0.825. The van der Waals surface area contributed by atoms with Crippen molar-refractivity contribution in [2.75, 3.05) is 37.0 Å². The van der Waals surface area contributed by atoms with Crippen LogP contribution < -0.4 is 9.80 Å². The number of rotatable bonds is 3. The number of carboxylic acid groups (broad SMARTS) is 1. The molecule has 0 bridgehead atoms. The van der Waals surface area contributed by atoms with Crippen molar-refractivity contribution in [1.82, 2.24) is 4.98 Å². The summed E-state index contributed by atoms with van der Waals surface area (Å²) in [5, 5.41) is 8.97. The molecule has 0 spiro atoms. The van der Waals surface area contributed by atoms with Crippen molar-refractivity contribution in [3.63, 3.8) is 0 Å². The lowest BCUT2D eigenvalue weighted by molar-refractivity contribution is -0.142. The first-order valence-corrected chi connectivity index (χ1v) is 6.93. The first-order chi connectivity index (χ1) is 10.2. The summed E-state index contributed by atoms with van der Waals surface area (Å²) in [4.78, 5) is 18.4. The van der Waals surface area contributed by atoms with Gasteiger partial charge in [-0.2, -0.15) is 13.2 Å². The van der Waals surface area contributed by atoms with E-state index in [1.807, 2.05) is 0 Å². The van der Waals surface area contributed by atoms with Gasteiger partial charge in [-0.3, -0.25) is 4.79 Å². The number of piperidine rings is 1. The van der Waals surface area contributed by atoms with Gasteiger partial charge in [-0.1, -0.05) is 0 Å². The molecule has 0 saturated carbocycles. The number of halogens is 3. The van der Waals surface area contributed by atoms with E-state index in [0.29, 0.717) is 25.9 Å². The normalized spacial score (nSPS) is 16.7. The molecule has 1 aliphatic heterocycles. The number of aliphatic carboxylic acids is 1. The van der Waals surface area contributed by atoms with E-state index in [2.05, 4.69) is 4.98 Å². The van der Waals surface area contributed by atoms with Gasteiger partial charge in [0.25, 0.3) is 0 Å². The summed E-state index contributed by atoms with van der Waals surface area (Å²) in [6.07, 6.45) is -3.63. The SMILES string of the molecule is CN(C)c1cc(C(F)(F)F)cc(N2CCC(C(=O)O)CC2)n1. The Balaban J connectivity index is 2.27. The molecule has 8 heteroatoms. The van der Waals surface area contributed by atoms with E-state index in [1.165, 1.54) is 4.90 Å². The summed E-state index contributed by atoms with van der Waals surface area (Å²) in [6.45, 7) is 0.774. The quantitative estimate of drug-likeness (QED) is 0.928. The van der Waals surface area contributed by atoms with E-state index in [4.69, 9.17) is 5.11 Å². The Labute approximate surface area is 126 Å². The van der Waals surface area contributed by atoms with Crippen LogP contribution in [0.2, 0.25) is 0 Å². The third-order valence-corrected chi connectivity index (χ3v) is 3.75. The molecule has 22 heavy (non-hydrogen) atoms. The molecule has 1 aromatic rings. The van der Waals surface area contributed by atoms with Crippen LogP contribution in [0.4, 0.5) is 24.8 Å². The van der Waals surface area contributed by atoms with Crippen molar-refractivity contribution in [3.05, 3.63) is 17.7 Å². The number of carboxylic acids is 1. The number of alkyl halides is 3. The second-order valence-electron chi connectivity index (χ2n) is 5.56. The largest absolute Gasteiger partial charge is 0.481 e. The molecule has 1 saturated heterocycles. The van der Waals surface area contributed by atoms with Gasteiger partial charge in [-0.25, -0.2) is 4.98 Å². The van der Waals surface area contributed by atoms with Gasteiger partial charge in [0.15, 0.2) is 0 Å². The van der Waals surface area contributed by atoms with Gasteiger partial charge < -0.3 is 14.9 Å². The molecule has 1 aliphatic rings. The van der Waals surface area contributed by atoms with Crippen molar-refractivity contribution in [2.45, 2.75) is 19.0 Å². The predicted molar refractivity (Wildman–Crippen MR) is 76.1 cm³/mol. The molecule has 0 radical (unpaired) electrons. The highest BCUT2D eigenvalue weighted by Crippen LogP contribution is 2.34. The van der Waals surface area contributed by atoms with E-state index in [0.717, 1.165) is 12.1 Å². The fourth-order valence-corrected chi connectivity index (χ4v) is 2.41.